The largest absolute Gasteiger partial charge is 0.688 e. The Bertz CT molecular complexity index is 1300. The van der Waals surface area contributed by atoms with Gasteiger partial charge in [-0.15, -0.1) is 0 Å². The van der Waals surface area contributed by atoms with Crippen molar-refractivity contribution in [1.29, 1.82) is 0 Å². The van der Waals surface area contributed by atoms with Crippen LogP contribution >= 0.6 is 0 Å². The van der Waals surface area contributed by atoms with Gasteiger partial charge in [0, 0.05) is 6.54 Å². The number of benzene rings is 2. The van der Waals surface area contributed by atoms with Gasteiger partial charge >= 0.3 is 17.6 Å². The number of likely N-dealkylation sites (tertiary alicyclic amines) is 1. The van der Waals surface area contributed by atoms with Gasteiger partial charge in [-0.25, -0.2) is 14.4 Å². The molecule has 0 saturated carbocycles. The third kappa shape index (κ3) is 5.69. The molecule has 2 heterocycles. The number of para-hydroxylation sites is 1. The van der Waals surface area contributed by atoms with E-state index < -0.39 is 29.2 Å². The lowest BCUT2D eigenvalue weighted by Crippen LogP contribution is -2.59. The molecular weight excluding hydrogens is 466 g/mol. The fourth-order valence-corrected chi connectivity index (χ4v) is 4.08. The topological polar surface area (TPSA) is 130 Å². The molecule has 11 heteroatoms. The highest BCUT2D eigenvalue weighted by molar-refractivity contribution is 5.93. The molecule has 190 valence electrons. The van der Waals surface area contributed by atoms with E-state index in [1.54, 1.807) is 32.9 Å². The molecule has 11 nitrogen and oxygen atoms in total. The molecular formula is C25H29N5O6. The SMILES string of the molecule is CC(C)(C)OC(=O)N1C[C@H](NOCc2ccccc2)CC[C@H]1C(=O)n1n[n+]([O-])c(=O)c2ccccc21. The Balaban J connectivity index is 1.57. The maximum atomic E-state index is 13.6. The molecule has 0 aliphatic carbocycles. The van der Waals surface area contributed by atoms with Crippen molar-refractivity contribution in [3.8, 4) is 0 Å². The van der Waals surface area contributed by atoms with Crippen molar-refractivity contribution in [3.63, 3.8) is 0 Å². The minimum Gasteiger partial charge on any atom is -0.688 e. The van der Waals surface area contributed by atoms with E-state index in [0.717, 1.165) is 10.2 Å². The van der Waals surface area contributed by atoms with Crippen molar-refractivity contribution in [2.24, 2.45) is 0 Å². The second kappa shape index (κ2) is 10.4. The molecule has 1 aliphatic rings. The second-order valence-corrected chi connectivity index (χ2v) is 9.65. The van der Waals surface area contributed by atoms with Crippen molar-refractivity contribution in [2.75, 3.05) is 6.54 Å². The summed E-state index contributed by atoms with van der Waals surface area (Å²) in [5, 5.41) is 15.8. The Morgan fingerprint density at radius 3 is 2.53 bits per heavy atom. The molecule has 2 atom stereocenters. The summed E-state index contributed by atoms with van der Waals surface area (Å²) in [4.78, 5) is 45.8. The predicted molar refractivity (Wildman–Crippen MR) is 130 cm³/mol. The minimum absolute atomic E-state index is 0.0596. The van der Waals surface area contributed by atoms with Crippen molar-refractivity contribution in [1.82, 2.24) is 20.3 Å². The van der Waals surface area contributed by atoms with Gasteiger partial charge in [0.2, 0.25) is 0 Å². The molecule has 0 radical (unpaired) electrons. The van der Waals surface area contributed by atoms with Crippen LogP contribution in [0.3, 0.4) is 0 Å². The fourth-order valence-electron chi connectivity index (χ4n) is 4.08. The lowest BCUT2D eigenvalue weighted by Gasteiger charge is -2.38. The zero-order valence-electron chi connectivity index (χ0n) is 20.4. The first kappa shape index (κ1) is 25.3. The van der Waals surface area contributed by atoms with Gasteiger partial charge in [0.15, 0.2) is 5.52 Å². The monoisotopic (exact) mass is 495 g/mol. The third-order valence-corrected chi connectivity index (χ3v) is 5.74. The van der Waals surface area contributed by atoms with Gasteiger partial charge < -0.3 is 9.94 Å². The van der Waals surface area contributed by atoms with Crippen molar-refractivity contribution in [3.05, 3.63) is 75.7 Å². The van der Waals surface area contributed by atoms with Crippen LogP contribution in [-0.2, 0) is 16.2 Å². The Morgan fingerprint density at radius 2 is 1.81 bits per heavy atom. The lowest BCUT2D eigenvalue weighted by molar-refractivity contribution is -0.688. The van der Waals surface area contributed by atoms with Crippen molar-refractivity contribution >= 4 is 22.9 Å². The first-order chi connectivity index (χ1) is 17.1. The number of nitrogens with one attached hydrogen (secondary N) is 1. The van der Waals surface area contributed by atoms with Gasteiger partial charge in [-0.1, -0.05) is 52.0 Å². The number of fused-ring (bicyclic) bond motifs is 1. The number of amides is 1. The van der Waals surface area contributed by atoms with E-state index in [-0.39, 0.29) is 34.8 Å². The summed E-state index contributed by atoms with van der Waals surface area (Å²) in [6.45, 7) is 5.68. The molecule has 36 heavy (non-hydrogen) atoms. The average molecular weight is 496 g/mol. The Hall–Kier alpha value is -3.83. The summed E-state index contributed by atoms with van der Waals surface area (Å²) < 4.78 is 6.46. The zero-order chi connectivity index (χ0) is 25.9. The van der Waals surface area contributed by atoms with Crippen LogP contribution in [0.15, 0.2) is 59.4 Å². The van der Waals surface area contributed by atoms with Crippen LogP contribution in [0.2, 0.25) is 0 Å². The second-order valence-electron chi connectivity index (χ2n) is 9.65. The number of nitrogens with zero attached hydrogens (tertiary/aromatic N) is 4. The average Bonchev–Trinajstić information content (AvgIpc) is 2.85. The molecule has 1 amide bonds. The fraction of sp³-hybridized carbons (Fsp3) is 0.400. The molecule has 0 spiro atoms. The number of piperidine rings is 1. The number of hydrogen-bond donors (Lipinski definition) is 1. The summed E-state index contributed by atoms with van der Waals surface area (Å²) in [7, 11) is 0. The standard InChI is InChI=1S/C25H29N5O6/c1-25(2,3)36-24(33)28-15-18(26-35-16-17-9-5-4-6-10-17)13-14-21(28)23(32)29-20-12-8-7-11-19(20)22(31)30(34)27-29/h4-12,18,21,26H,13-16H2,1-3H3/t18-,21+/m1/s1. The molecule has 1 aromatic heterocycles. The number of carbonyl (C=O) groups excluding carboxylic acids is 2. The number of aromatic nitrogens is 3. The molecule has 0 bridgehead atoms. The van der Waals surface area contributed by atoms with E-state index >= 15 is 0 Å². The Kier molecular flexibility index (Phi) is 7.32. The van der Waals surface area contributed by atoms with E-state index in [0.29, 0.717) is 13.0 Å². The van der Waals surface area contributed by atoms with Crippen molar-refractivity contribution < 1.29 is 24.0 Å². The van der Waals surface area contributed by atoms with Gasteiger partial charge in [-0.2, -0.15) is 5.48 Å². The number of carbonyl (C=O) groups is 2. The lowest BCUT2D eigenvalue weighted by atomic mass is 9.98. The quantitative estimate of drug-likeness (QED) is 0.324. The summed E-state index contributed by atoms with van der Waals surface area (Å²) in [6, 6.07) is 14.6. The molecule has 1 fully saturated rings. The van der Waals surface area contributed by atoms with Gasteiger partial charge in [0.1, 0.15) is 22.2 Å². The van der Waals surface area contributed by atoms with Gasteiger partial charge in [0.25, 0.3) is 0 Å². The normalized spacial score (nSPS) is 18.2. The molecule has 4 rings (SSSR count). The number of rotatable bonds is 5. The maximum absolute atomic E-state index is 13.6. The molecule has 3 aromatic rings. The van der Waals surface area contributed by atoms with Gasteiger partial charge in [0.05, 0.1) is 12.6 Å². The van der Waals surface area contributed by atoms with Crippen LogP contribution in [0.4, 0.5) is 4.79 Å². The number of ether oxygens (including phenoxy) is 1. The first-order valence-electron chi connectivity index (χ1n) is 11.7. The molecule has 1 N–H and O–H groups in total. The molecule has 1 saturated heterocycles. The van der Waals surface area contributed by atoms with Gasteiger partial charge in [-0.05, 0) is 51.3 Å². The van der Waals surface area contributed by atoms with Crippen LogP contribution in [0.25, 0.3) is 10.9 Å². The van der Waals surface area contributed by atoms with Crippen molar-refractivity contribution in [2.45, 2.75) is 57.9 Å². The van der Waals surface area contributed by atoms with Crippen LogP contribution in [0.1, 0.15) is 44.0 Å². The van der Waals surface area contributed by atoms with E-state index in [1.807, 2.05) is 30.3 Å². The summed E-state index contributed by atoms with van der Waals surface area (Å²) >= 11 is 0. The third-order valence-electron chi connectivity index (χ3n) is 5.74. The number of hydroxylamine groups is 1. The zero-order valence-corrected chi connectivity index (χ0v) is 20.4. The molecule has 2 aromatic carbocycles. The molecule has 1 aliphatic heterocycles. The van der Waals surface area contributed by atoms with Gasteiger partial charge in [-0.3, -0.25) is 9.74 Å². The highest BCUT2D eigenvalue weighted by atomic mass is 16.6. The Morgan fingerprint density at radius 1 is 1.11 bits per heavy atom. The van der Waals surface area contributed by atoms with E-state index in [1.165, 1.54) is 17.0 Å². The number of hydrogen-bond acceptors (Lipinski definition) is 8. The Labute approximate surface area is 207 Å². The summed E-state index contributed by atoms with van der Waals surface area (Å²) in [5.74, 6) is -0.606. The van der Waals surface area contributed by atoms with E-state index in [4.69, 9.17) is 9.57 Å². The van der Waals surface area contributed by atoms with Crippen LogP contribution in [-0.4, -0.2) is 51.0 Å². The smallest absolute Gasteiger partial charge is 0.411 e. The highest BCUT2D eigenvalue weighted by Gasteiger charge is 2.42. The van der Waals surface area contributed by atoms with Crippen LogP contribution in [0, 0.1) is 5.21 Å². The first-order valence-corrected chi connectivity index (χ1v) is 11.7. The van der Waals surface area contributed by atoms with E-state index in [9.17, 15) is 19.6 Å². The minimum atomic E-state index is -0.953. The van der Waals surface area contributed by atoms with Crippen LogP contribution in [0.5, 0.6) is 0 Å². The summed E-state index contributed by atoms with van der Waals surface area (Å²) in [5.41, 5.74) is 2.52. The summed E-state index contributed by atoms with van der Waals surface area (Å²) in [6.07, 6.45) is 0.113. The maximum Gasteiger partial charge on any atom is 0.411 e. The predicted octanol–water partition coefficient (Wildman–Crippen LogP) is 2.16. The van der Waals surface area contributed by atoms with E-state index in [2.05, 4.69) is 10.7 Å². The highest BCUT2D eigenvalue weighted by Crippen LogP contribution is 2.23. The van der Waals surface area contributed by atoms with Crippen LogP contribution < -0.4 is 15.9 Å². The molecule has 0 unspecified atom stereocenters.